The minimum absolute atomic E-state index is 0.0421. The van der Waals surface area contributed by atoms with Crippen molar-refractivity contribution in [1.82, 2.24) is 5.32 Å². The molecule has 6 heteroatoms. The van der Waals surface area contributed by atoms with Gasteiger partial charge in [-0.05, 0) is 37.3 Å². The zero-order chi connectivity index (χ0) is 14.3. The molecule has 0 radical (unpaired) electrons. The number of aliphatic hydroxyl groups is 1. The van der Waals surface area contributed by atoms with E-state index >= 15 is 0 Å². The van der Waals surface area contributed by atoms with E-state index in [4.69, 9.17) is 16.7 Å². The Bertz CT molecular complexity index is 423. The van der Waals surface area contributed by atoms with Crippen molar-refractivity contribution in [2.45, 2.75) is 19.4 Å². The Morgan fingerprint density at radius 3 is 2.89 bits per heavy atom. The zero-order valence-electron chi connectivity index (χ0n) is 11.1. The molecule has 0 saturated heterocycles. The van der Waals surface area contributed by atoms with Crippen molar-refractivity contribution in [1.29, 1.82) is 0 Å². The number of halogens is 1. The molecule has 19 heavy (non-hydrogen) atoms. The third-order valence-electron chi connectivity index (χ3n) is 2.70. The van der Waals surface area contributed by atoms with Gasteiger partial charge >= 0.3 is 6.03 Å². The van der Waals surface area contributed by atoms with Gasteiger partial charge in [0.05, 0.1) is 0 Å². The van der Waals surface area contributed by atoms with E-state index in [0.29, 0.717) is 17.1 Å². The van der Waals surface area contributed by atoms with Gasteiger partial charge in [0.2, 0.25) is 0 Å². The lowest BCUT2D eigenvalue weighted by atomic mass is 10.2. The second kappa shape index (κ2) is 8.30. The minimum atomic E-state index is -0.280. The van der Waals surface area contributed by atoms with Crippen molar-refractivity contribution >= 4 is 35.1 Å². The summed E-state index contributed by atoms with van der Waals surface area (Å²) in [4.78, 5) is 11.9. The van der Waals surface area contributed by atoms with Crippen molar-refractivity contribution in [3.05, 3.63) is 28.8 Å². The number of urea groups is 1. The molecule has 1 aromatic rings. The highest BCUT2D eigenvalue weighted by molar-refractivity contribution is 7.98. The summed E-state index contributed by atoms with van der Waals surface area (Å²) in [5.41, 5.74) is 1.53. The second-order valence-electron chi connectivity index (χ2n) is 4.18. The topological polar surface area (TPSA) is 61.4 Å². The summed E-state index contributed by atoms with van der Waals surface area (Å²) >= 11 is 7.62. The van der Waals surface area contributed by atoms with Crippen LogP contribution in [0.4, 0.5) is 10.5 Å². The average molecular weight is 303 g/mol. The molecule has 0 aromatic heterocycles. The molecule has 1 aromatic carbocycles. The van der Waals surface area contributed by atoms with E-state index in [-0.39, 0.29) is 18.7 Å². The first-order chi connectivity index (χ1) is 9.08. The Kier molecular flexibility index (Phi) is 7.05. The summed E-state index contributed by atoms with van der Waals surface area (Å²) in [6.07, 6.45) is 2.51. The molecule has 0 aliphatic carbocycles. The standard InChI is InChI=1S/C13H19ClN2O2S/c1-9-11(14)4-3-5-12(9)16-13(18)15-10(6-7-17)8-19-2/h3-5,10,17H,6-8H2,1-2H3,(H2,15,16,18)/t10-/m1/s1. The smallest absolute Gasteiger partial charge is 0.319 e. The lowest BCUT2D eigenvalue weighted by molar-refractivity contribution is 0.241. The van der Waals surface area contributed by atoms with Crippen LogP contribution in [0.15, 0.2) is 18.2 Å². The molecule has 3 N–H and O–H groups in total. The fourth-order valence-electron chi connectivity index (χ4n) is 1.64. The molecular formula is C13H19ClN2O2S. The van der Waals surface area contributed by atoms with Crippen LogP contribution in [0.25, 0.3) is 0 Å². The van der Waals surface area contributed by atoms with E-state index < -0.39 is 0 Å². The Balaban J connectivity index is 2.61. The van der Waals surface area contributed by atoms with Crippen molar-refractivity contribution in [2.24, 2.45) is 0 Å². The summed E-state index contributed by atoms with van der Waals surface area (Å²) < 4.78 is 0. The number of benzene rings is 1. The molecule has 106 valence electrons. The molecule has 0 heterocycles. The fourth-order valence-corrected chi connectivity index (χ4v) is 2.47. The number of thioether (sulfide) groups is 1. The first kappa shape index (κ1) is 16.1. The third kappa shape index (κ3) is 5.30. The summed E-state index contributed by atoms with van der Waals surface area (Å²) in [6, 6.07) is 5.05. The number of amides is 2. The molecule has 4 nitrogen and oxygen atoms in total. The summed E-state index contributed by atoms with van der Waals surface area (Å²) in [5, 5.41) is 15.2. The maximum Gasteiger partial charge on any atom is 0.319 e. The predicted molar refractivity (Wildman–Crippen MR) is 82.2 cm³/mol. The van der Waals surface area contributed by atoms with E-state index in [1.54, 1.807) is 30.0 Å². The van der Waals surface area contributed by atoms with E-state index in [2.05, 4.69) is 10.6 Å². The minimum Gasteiger partial charge on any atom is -0.396 e. The fraction of sp³-hybridized carbons (Fsp3) is 0.462. The Labute approximate surface area is 122 Å². The highest BCUT2D eigenvalue weighted by Crippen LogP contribution is 2.22. The number of rotatable bonds is 6. The first-order valence-corrected chi connectivity index (χ1v) is 7.78. The van der Waals surface area contributed by atoms with Crippen LogP contribution in [0.2, 0.25) is 5.02 Å². The number of nitrogens with one attached hydrogen (secondary N) is 2. The maximum absolute atomic E-state index is 11.9. The lowest BCUT2D eigenvalue weighted by Gasteiger charge is -2.18. The summed E-state index contributed by atoms with van der Waals surface area (Å²) in [6.45, 7) is 1.91. The van der Waals surface area contributed by atoms with E-state index in [1.165, 1.54) is 0 Å². The molecule has 0 aliphatic rings. The number of carbonyl (C=O) groups is 1. The van der Waals surface area contributed by atoms with Crippen LogP contribution in [-0.2, 0) is 0 Å². The number of anilines is 1. The van der Waals surface area contributed by atoms with Crippen LogP contribution in [0.1, 0.15) is 12.0 Å². The molecule has 1 atom stereocenters. The molecule has 2 amide bonds. The van der Waals surface area contributed by atoms with E-state index in [0.717, 1.165) is 11.3 Å². The monoisotopic (exact) mass is 302 g/mol. The number of carbonyl (C=O) groups excluding carboxylic acids is 1. The normalized spacial score (nSPS) is 12.0. The summed E-state index contributed by atoms with van der Waals surface area (Å²) in [7, 11) is 0. The van der Waals surface area contributed by atoms with Crippen LogP contribution in [0, 0.1) is 6.92 Å². The van der Waals surface area contributed by atoms with Gasteiger partial charge in [0.1, 0.15) is 0 Å². The molecule has 0 saturated carbocycles. The van der Waals surface area contributed by atoms with Crippen LogP contribution in [0.3, 0.4) is 0 Å². The van der Waals surface area contributed by atoms with Gasteiger partial charge in [0.25, 0.3) is 0 Å². The van der Waals surface area contributed by atoms with Crippen molar-refractivity contribution in [2.75, 3.05) is 23.9 Å². The molecule has 0 unspecified atom stereocenters. The molecule has 0 spiro atoms. The van der Waals surface area contributed by atoms with Gasteiger partial charge in [-0.15, -0.1) is 0 Å². The highest BCUT2D eigenvalue weighted by Gasteiger charge is 2.12. The van der Waals surface area contributed by atoms with Gasteiger partial charge < -0.3 is 15.7 Å². The number of aliphatic hydroxyl groups excluding tert-OH is 1. The molecule has 1 rings (SSSR count). The lowest BCUT2D eigenvalue weighted by Crippen LogP contribution is -2.40. The number of hydrogen-bond acceptors (Lipinski definition) is 3. The Hall–Kier alpha value is -0.910. The van der Waals surface area contributed by atoms with Crippen LogP contribution < -0.4 is 10.6 Å². The van der Waals surface area contributed by atoms with Crippen LogP contribution >= 0.6 is 23.4 Å². The largest absolute Gasteiger partial charge is 0.396 e. The summed E-state index contributed by atoms with van der Waals surface area (Å²) in [5.74, 6) is 0.766. The predicted octanol–water partition coefficient (Wildman–Crippen LogP) is 2.88. The van der Waals surface area contributed by atoms with E-state index in [1.807, 2.05) is 13.2 Å². The molecule has 0 bridgehead atoms. The van der Waals surface area contributed by atoms with Gasteiger partial charge in [0.15, 0.2) is 0 Å². The maximum atomic E-state index is 11.9. The van der Waals surface area contributed by atoms with Crippen LogP contribution in [0.5, 0.6) is 0 Å². The average Bonchev–Trinajstić information content (AvgIpc) is 2.35. The molecular weight excluding hydrogens is 284 g/mol. The molecule has 0 aliphatic heterocycles. The molecule has 0 fully saturated rings. The van der Waals surface area contributed by atoms with Gasteiger partial charge in [-0.1, -0.05) is 17.7 Å². The van der Waals surface area contributed by atoms with Gasteiger partial charge in [-0.25, -0.2) is 4.79 Å². The van der Waals surface area contributed by atoms with E-state index in [9.17, 15) is 4.79 Å². The second-order valence-corrected chi connectivity index (χ2v) is 5.49. The van der Waals surface area contributed by atoms with Gasteiger partial charge in [-0.3, -0.25) is 0 Å². The SMILES string of the molecule is CSC[C@@H](CCO)NC(=O)Nc1cccc(Cl)c1C. The van der Waals surface area contributed by atoms with Crippen molar-refractivity contribution < 1.29 is 9.90 Å². The highest BCUT2D eigenvalue weighted by atomic mass is 35.5. The van der Waals surface area contributed by atoms with Gasteiger partial charge in [0, 0.05) is 29.1 Å². The van der Waals surface area contributed by atoms with Crippen molar-refractivity contribution in [3.63, 3.8) is 0 Å². The third-order valence-corrected chi connectivity index (χ3v) is 3.84. The van der Waals surface area contributed by atoms with Crippen molar-refractivity contribution in [3.8, 4) is 0 Å². The Morgan fingerprint density at radius 1 is 1.53 bits per heavy atom. The Morgan fingerprint density at radius 2 is 2.26 bits per heavy atom. The van der Waals surface area contributed by atoms with Gasteiger partial charge in [-0.2, -0.15) is 11.8 Å². The first-order valence-electron chi connectivity index (χ1n) is 6.01. The number of hydrogen-bond donors (Lipinski definition) is 3. The van der Waals surface area contributed by atoms with Crippen LogP contribution in [-0.4, -0.2) is 35.8 Å². The zero-order valence-corrected chi connectivity index (χ0v) is 12.6. The quantitative estimate of drug-likeness (QED) is 0.757.